The molecule has 0 aromatic rings. The van der Waals surface area contributed by atoms with E-state index in [1.54, 1.807) is 0 Å². The normalized spacial score (nSPS) is 11.4. The number of rotatable bonds is 5. The largest absolute Gasteiger partial charge is 0.508 e. The lowest BCUT2D eigenvalue weighted by Crippen LogP contribution is -2.20. The Morgan fingerprint density at radius 2 is 1.67 bits per heavy atom. The zero-order valence-corrected chi connectivity index (χ0v) is 11.0. The van der Waals surface area contributed by atoms with Gasteiger partial charge in [0.05, 0.1) is 6.10 Å². The third-order valence-corrected chi connectivity index (χ3v) is 1.66. The molecule has 0 saturated carbocycles. The summed E-state index contributed by atoms with van der Waals surface area (Å²) in [6.07, 6.45) is 2.14. The number of hydrogen-bond acceptors (Lipinski definition) is 3. The van der Waals surface area contributed by atoms with E-state index in [2.05, 4.69) is 6.92 Å². The van der Waals surface area contributed by atoms with Crippen LogP contribution in [0.5, 0.6) is 0 Å². The average Bonchev–Trinajstić information content (AvgIpc) is 2.19. The highest BCUT2D eigenvalue weighted by atomic mass is 16.7. The highest BCUT2D eigenvalue weighted by Gasteiger charge is 2.13. The topological polar surface area (TPSA) is 35.5 Å². The van der Waals surface area contributed by atoms with Crippen molar-refractivity contribution in [1.82, 2.24) is 0 Å². The molecule has 15 heavy (non-hydrogen) atoms. The zero-order chi connectivity index (χ0) is 12.3. The first-order valence-electron chi connectivity index (χ1n) is 5.97. The number of carbonyl (C=O) groups excluding carboxylic acids is 1. The molecule has 0 radical (unpaired) electrons. The lowest BCUT2D eigenvalue weighted by molar-refractivity contribution is 0.00361. The van der Waals surface area contributed by atoms with E-state index in [0.29, 0.717) is 0 Å². The van der Waals surface area contributed by atoms with Crippen molar-refractivity contribution >= 4 is 6.16 Å². The first kappa shape index (κ1) is 16.7. The maximum atomic E-state index is 11.1. The van der Waals surface area contributed by atoms with E-state index in [0.717, 1.165) is 19.3 Å². The summed E-state index contributed by atoms with van der Waals surface area (Å²) in [5.74, 6) is 0. The first-order chi connectivity index (χ1) is 7.10. The standard InChI is InChI=1S/C10H20O3.C2H6/c1-5-7-9(6-2)13-10(11)12-8(3)4;1-2/h8-9H,5-7H2,1-4H3;1-2H3. The van der Waals surface area contributed by atoms with Gasteiger partial charge in [-0.15, -0.1) is 0 Å². The van der Waals surface area contributed by atoms with Gasteiger partial charge in [-0.2, -0.15) is 0 Å². The van der Waals surface area contributed by atoms with Crippen molar-refractivity contribution in [3.63, 3.8) is 0 Å². The van der Waals surface area contributed by atoms with Crippen molar-refractivity contribution in [3.05, 3.63) is 0 Å². The molecule has 0 heterocycles. The van der Waals surface area contributed by atoms with E-state index in [9.17, 15) is 4.79 Å². The van der Waals surface area contributed by atoms with Gasteiger partial charge in [-0.3, -0.25) is 0 Å². The smallest absolute Gasteiger partial charge is 0.432 e. The molecule has 0 aliphatic rings. The summed E-state index contributed by atoms with van der Waals surface area (Å²) in [6, 6.07) is 0. The predicted octanol–water partition coefficient (Wildman–Crippen LogP) is 4.15. The SMILES string of the molecule is CC.CCCC(CC)OC(=O)OC(C)C. The molecule has 0 rings (SSSR count). The summed E-state index contributed by atoms with van der Waals surface area (Å²) in [4.78, 5) is 11.1. The molecular weight excluding hydrogens is 192 g/mol. The van der Waals surface area contributed by atoms with Crippen LogP contribution in [-0.4, -0.2) is 18.4 Å². The first-order valence-corrected chi connectivity index (χ1v) is 5.97. The second-order valence-corrected chi connectivity index (χ2v) is 3.35. The highest BCUT2D eigenvalue weighted by molar-refractivity contribution is 5.60. The molecule has 3 nitrogen and oxygen atoms in total. The Labute approximate surface area is 94.1 Å². The minimum Gasteiger partial charge on any atom is -0.432 e. The van der Waals surface area contributed by atoms with E-state index < -0.39 is 6.16 Å². The number of carbonyl (C=O) groups is 1. The second-order valence-electron chi connectivity index (χ2n) is 3.35. The monoisotopic (exact) mass is 218 g/mol. The summed E-state index contributed by atoms with van der Waals surface area (Å²) in [5.41, 5.74) is 0. The molecule has 92 valence electrons. The van der Waals surface area contributed by atoms with Gasteiger partial charge in [0.15, 0.2) is 0 Å². The van der Waals surface area contributed by atoms with Crippen LogP contribution < -0.4 is 0 Å². The Hall–Kier alpha value is -0.730. The lowest BCUT2D eigenvalue weighted by atomic mass is 10.2. The summed E-state index contributed by atoms with van der Waals surface area (Å²) in [6.45, 7) is 11.7. The molecule has 0 aromatic carbocycles. The number of ether oxygens (including phenoxy) is 2. The quantitative estimate of drug-likeness (QED) is 0.650. The van der Waals surface area contributed by atoms with Gasteiger partial charge in [0.1, 0.15) is 6.10 Å². The van der Waals surface area contributed by atoms with Gasteiger partial charge in [-0.1, -0.05) is 34.1 Å². The molecule has 0 aliphatic carbocycles. The molecule has 0 spiro atoms. The second kappa shape index (κ2) is 11.3. The molecule has 0 aliphatic heterocycles. The molecule has 0 aromatic heterocycles. The van der Waals surface area contributed by atoms with Crippen molar-refractivity contribution in [1.29, 1.82) is 0 Å². The third-order valence-electron chi connectivity index (χ3n) is 1.66. The van der Waals surface area contributed by atoms with E-state index in [-0.39, 0.29) is 12.2 Å². The predicted molar refractivity (Wildman–Crippen MR) is 63.0 cm³/mol. The Morgan fingerprint density at radius 1 is 1.13 bits per heavy atom. The molecule has 0 fully saturated rings. The third kappa shape index (κ3) is 11.2. The molecule has 0 saturated heterocycles. The van der Waals surface area contributed by atoms with Crippen LogP contribution >= 0.6 is 0 Å². The van der Waals surface area contributed by atoms with Gasteiger partial charge in [0.25, 0.3) is 0 Å². The minimum absolute atomic E-state index is 0.0104. The van der Waals surface area contributed by atoms with Crippen molar-refractivity contribution in [3.8, 4) is 0 Å². The molecule has 0 bridgehead atoms. The van der Waals surface area contributed by atoms with Crippen LogP contribution in [0.15, 0.2) is 0 Å². The lowest BCUT2D eigenvalue weighted by Gasteiger charge is -2.15. The van der Waals surface area contributed by atoms with Gasteiger partial charge < -0.3 is 9.47 Å². The Morgan fingerprint density at radius 3 is 2.00 bits per heavy atom. The van der Waals surface area contributed by atoms with Crippen LogP contribution in [0.4, 0.5) is 4.79 Å². The Kier molecular flexibility index (Phi) is 12.6. The van der Waals surface area contributed by atoms with Crippen LogP contribution in [0, 0.1) is 0 Å². The van der Waals surface area contributed by atoms with Crippen LogP contribution in [-0.2, 0) is 9.47 Å². The minimum atomic E-state index is -0.546. The fourth-order valence-corrected chi connectivity index (χ4v) is 1.02. The molecular formula is C12H26O3. The average molecular weight is 218 g/mol. The maximum absolute atomic E-state index is 11.1. The maximum Gasteiger partial charge on any atom is 0.508 e. The molecule has 1 atom stereocenters. The Balaban J connectivity index is 0. The van der Waals surface area contributed by atoms with Crippen molar-refractivity contribution in [2.75, 3.05) is 0 Å². The molecule has 0 N–H and O–H groups in total. The van der Waals surface area contributed by atoms with Gasteiger partial charge in [-0.05, 0) is 26.7 Å². The van der Waals surface area contributed by atoms with Crippen LogP contribution in [0.2, 0.25) is 0 Å². The van der Waals surface area contributed by atoms with Gasteiger partial charge in [0, 0.05) is 0 Å². The summed E-state index contributed by atoms with van der Waals surface area (Å²) >= 11 is 0. The van der Waals surface area contributed by atoms with Crippen molar-refractivity contribution in [2.45, 2.75) is 73.0 Å². The highest BCUT2D eigenvalue weighted by Crippen LogP contribution is 2.08. The van der Waals surface area contributed by atoms with Crippen LogP contribution in [0.25, 0.3) is 0 Å². The molecule has 0 amide bonds. The van der Waals surface area contributed by atoms with Crippen LogP contribution in [0.3, 0.4) is 0 Å². The van der Waals surface area contributed by atoms with Crippen LogP contribution in [0.1, 0.15) is 60.8 Å². The Bertz CT molecular complexity index is 144. The molecule has 3 heteroatoms. The van der Waals surface area contributed by atoms with E-state index in [1.165, 1.54) is 0 Å². The number of hydrogen-bond donors (Lipinski definition) is 0. The summed E-state index contributed by atoms with van der Waals surface area (Å²) in [5, 5.41) is 0. The van der Waals surface area contributed by atoms with Gasteiger partial charge >= 0.3 is 6.16 Å². The van der Waals surface area contributed by atoms with Crippen molar-refractivity contribution < 1.29 is 14.3 Å². The fraction of sp³-hybridized carbons (Fsp3) is 0.917. The van der Waals surface area contributed by atoms with E-state index >= 15 is 0 Å². The summed E-state index contributed by atoms with van der Waals surface area (Å²) in [7, 11) is 0. The van der Waals surface area contributed by atoms with Crippen molar-refractivity contribution in [2.24, 2.45) is 0 Å². The zero-order valence-electron chi connectivity index (χ0n) is 11.0. The fourth-order valence-electron chi connectivity index (χ4n) is 1.02. The van der Waals surface area contributed by atoms with Gasteiger partial charge in [0.2, 0.25) is 0 Å². The van der Waals surface area contributed by atoms with E-state index in [1.807, 2.05) is 34.6 Å². The molecule has 1 unspecified atom stereocenters. The summed E-state index contributed by atoms with van der Waals surface area (Å²) < 4.78 is 9.96. The van der Waals surface area contributed by atoms with E-state index in [4.69, 9.17) is 9.47 Å². The van der Waals surface area contributed by atoms with Gasteiger partial charge in [-0.25, -0.2) is 4.79 Å².